The van der Waals surface area contributed by atoms with E-state index in [1.54, 1.807) is 36.4 Å². The van der Waals surface area contributed by atoms with Gasteiger partial charge in [-0.15, -0.1) is 0 Å². The second-order valence-corrected chi connectivity index (χ2v) is 7.20. The fraction of sp³-hybridized carbons (Fsp3) is 0.167. The fourth-order valence-electron chi connectivity index (χ4n) is 3.83. The number of nitrogens with one attached hydrogen (secondary N) is 1. The normalized spacial score (nSPS) is 15.9. The van der Waals surface area contributed by atoms with Crippen molar-refractivity contribution in [3.05, 3.63) is 95.6 Å². The zero-order chi connectivity index (χ0) is 20.2. The molecule has 4 rings (SSSR count). The Balaban J connectivity index is 1.54. The van der Waals surface area contributed by atoms with E-state index in [1.807, 2.05) is 24.3 Å². The number of nitrogens with zero attached hydrogens (tertiary/aromatic N) is 1. The monoisotopic (exact) mass is 386 g/mol. The molecule has 1 amide bonds. The van der Waals surface area contributed by atoms with Gasteiger partial charge in [0.05, 0.1) is 11.3 Å². The summed E-state index contributed by atoms with van der Waals surface area (Å²) in [6, 6.07) is 24.2. The molecule has 1 unspecified atom stereocenters. The molecule has 0 saturated carbocycles. The summed E-state index contributed by atoms with van der Waals surface area (Å²) < 4.78 is 0. The summed E-state index contributed by atoms with van der Waals surface area (Å²) in [5.41, 5.74) is 3.16. The van der Waals surface area contributed by atoms with E-state index in [0.29, 0.717) is 22.9 Å². The number of carboxylic acids is 1. The second kappa shape index (κ2) is 8.19. The van der Waals surface area contributed by atoms with Crippen LogP contribution < -0.4 is 10.2 Å². The summed E-state index contributed by atoms with van der Waals surface area (Å²) >= 11 is 0. The minimum Gasteiger partial charge on any atom is -0.478 e. The van der Waals surface area contributed by atoms with E-state index in [-0.39, 0.29) is 11.5 Å². The highest BCUT2D eigenvalue weighted by atomic mass is 16.4. The van der Waals surface area contributed by atoms with Crippen LogP contribution in [0.1, 0.15) is 38.6 Å². The first-order valence-electron chi connectivity index (χ1n) is 9.65. The van der Waals surface area contributed by atoms with Crippen LogP contribution in [0.4, 0.5) is 11.4 Å². The van der Waals surface area contributed by atoms with Gasteiger partial charge >= 0.3 is 5.97 Å². The Hall–Kier alpha value is -3.60. The topological polar surface area (TPSA) is 69.6 Å². The maximum Gasteiger partial charge on any atom is 0.337 e. The van der Waals surface area contributed by atoms with Gasteiger partial charge in [-0.2, -0.15) is 0 Å². The zero-order valence-electron chi connectivity index (χ0n) is 15.9. The maximum atomic E-state index is 12.4. The van der Waals surface area contributed by atoms with Gasteiger partial charge in [-0.05, 0) is 42.3 Å². The molecular formula is C24H22N2O3. The van der Waals surface area contributed by atoms with Crippen LogP contribution >= 0.6 is 0 Å². The van der Waals surface area contributed by atoms with Crippen molar-refractivity contribution in [1.82, 2.24) is 0 Å². The molecule has 0 aromatic heterocycles. The summed E-state index contributed by atoms with van der Waals surface area (Å²) in [5.74, 6) is -0.880. The molecule has 1 saturated heterocycles. The summed E-state index contributed by atoms with van der Waals surface area (Å²) in [6.45, 7) is 1.58. The van der Waals surface area contributed by atoms with Gasteiger partial charge in [0, 0.05) is 30.3 Å². The van der Waals surface area contributed by atoms with Crippen LogP contribution in [0.2, 0.25) is 0 Å². The van der Waals surface area contributed by atoms with Gasteiger partial charge in [-0.3, -0.25) is 4.79 Å². The van der Waals surface area contributed by atoms with E-state index in [0.717, 1.165) is 19.5 Å². The van der Waals surface area contributed by atoms with Gasteiger partial charge < -0.3 is 15.3 Å². The van der Waals surface area contributed by atoms with E-state index >= 15 is 0 Å². The lowest BCUT2D eigenvalue weighted by atomic mass is 9.99. The molecule has 5 nitrogen and oxygen atoms in total. The van der Waals surface area contributed by atoms with Crippen LogP contribution in [0, 0.1) is 0 Å². The van der Waals surface area contributed by atoms with Crippen LogP contribution in [0.25, 0.3) is 0 Å². The molecule has 29 heavy (non-hydrogen) atoms. The number of carbonyl (C=O) groups is 2. The summed E-state index contributed by atoms with van der Waals surface area (Å²) in [4.78, 5) is 26.4. The summed E-state index contributed by atoms with van der Waals surface area (Å²) in [7, 11) is 0. The van der Waals surface area contributed by atoms with Gasteiger partial charge in [0.1, 0.15) is 0 Å². The molecule has 3 aromatic carbocycles. The van der Waals surface area contributed by atoms with Crippen molar-refractivity contribution in [2.45, 2.75) is 12.3 Å². The lowest BCUT2D eigenvalue weighted by Crippen LogP contribution is -2.22. The van der Waals surface area contributed by atoms with Gasteiger partial charge in [0.2, 0.25) is 0 Å². The Bertz CT molecular complexity index is 1020. The highest BCUT2D eigenvalue weighted by molar-refractivity contribution is 6.05. The first-order valence-corrected chi connectivity index (χ1v) is 9.65. The molecule has 3 aromatic rings. The Kier molecular flexibility index (Phi) is 5.29. The maximum absolute atomic E-state index is 12.4. The number of carbonyl (C=O) groups excluding carboxylic acids is 1. The number of anilines is 2. The third kappa shape index (κ3) is 4.14. The van der Waals surface area contributed by atoms with Crippen molar-refractivity contribution < 1.29 is 14.7 Å². The molecule has 0 spiro atoms. The van der Waals surface area contributed by atoms with Gasteiger partial charge in [-0.1, -0.05) is 48.5 Å². The van der Waals surface area contributed by atoms with E-state index < -0.39 is 5.97 Å². The van der Waals surface area contributed by atoms with E-state index in [9.17, 15) is 14.7 Å². The molecule has 1 fully saturated rings. The Morgan fingerprint density at radius 1 is 0.931 bits per heavy atom. The smallest absolute Gasteiger partial charge is 0.337 e. The van der Waals surface area contributed by atoms with Crippen molar-refractivity contribution in [2.24, 2.45) is 0 Å². The molecule has 1 atom stereocenters. The first-order chi connectivity index (χ1) is 14.1. The number of amides is 1. The largest absolute Gasteiger partial charge is 0.478 e. The first kappa shape index (κ1) is 18.7. The number of rotatable bonds is 5. The number of hydrogen-bond donors (Lipinski definition) is 2. The lowest BCUT2D eigenvalue weighted by molar-refractivity contribution is 0.0697. The Morgan fingerprint density at radius 3 is 2.31 bits per heavy atom. The van der Waals surface area contributed by atoms with E-state index in [2.05, 4.69) is 22.3 Å². The lowest BCUT2D eigenvalue weighted by Gasteiger charge is -2.21. The summed E-state index contributed by atoms with van der Waals surface area (Å²) in [5, 5.41) is 12.5. The standard InChI is InChI=1S/C24H22N2O3/c27-23(18-9-5-2-6-10-18)25-20-11-12-22(21(15-20)24(28)29)26-14-13-19(16-26)17-7-3-1-4-8-17/h1-12,15,19H,13-14,16H2,(H,25,27)(H,28,29). The highest BCUT2D eigenvalue weighted by Gasteiger charge is 2.27. The van der Waals surface area contributed by atoms with Crippen molar-refractivity contribution in [2.75, 3.05) is 23.3 Å². The zero-order valence-corrected chi connectivity index (χ0v) is 15.9. The predicted molar refractivity (Wildman–Crippen MR) is 114 cm³/mol. The molecule has 146 valence electrons. The SMILES string of the molecule is O=C(Nc1ccc(N2CCC(c3ccccc3)C2)c(C(=O)O)c1)c1ccccc1. The van der Waals surface area contributed by atoms with E-state index in [4.69, 9.17) is 0 Å². The van der Waals surface area contributed by atoms with Crippen LogP contribution in [0.3, 0.4) is 0 Å². The third-order valence-electron chi connectivity index (χ3n) is 5.32. The molecule has 2 N–H and O–H groups in total. The molecule has 5 heteroatoms. The van der Waals surface area contributed by atoms with Crippen LogP contribution in [-0.4, -0.2) is 30.1 Å². The predicted octanol–water partition coefficient (Wildman–Crippen LogP) is 4.63. The van der Waals surface area contributed by atoms with E-state index in [1.165, 1.54) is 11.6 Å². The van der Waals surface area contributed by atoms with Gasteiger partial charge in [-0.25, -0.2) is 4.79 Å². The van der Waals surface area contributed by atoms with Crippen molar-refractivity contribution in [3.8, 4) is 0 Å². The molecule has 0 aliphatic carbocycles. The minimum atomic E-state index is -1.00. The van der Waals surface area contributed by atoms with Crippen LogP contribution in [0.5, 0.6) is 0 Å². The fourth-order valence-corrected chi connectivity index (χ4v) is 3.83. The molecule has 1 aliphatic rings. The van der Waals surface area contributed by atoms with Gasteiger partial charge in [0.15, 0.2) is 0 Å². The number of carboxylic acid groups (broad SMARTS) is 1. The summed E-state index contributed by atoms with van der Waals surface area (Å²) in [6.07, 6.45) is 0.982. The average Bonchev–Trinajstić information content (AvgIpc) is 3.25. The third-order valence-corrected chi connectivity index (χ3v) is 5.32. The minimum absolute atomic E-state index is 0.199. The van der Waals surface area contributed by atoms with Gasteiger partial charge in [0.25, 0.3) is 5.91 Å². The highest BCUT2D eigenvalue weighted by Crippen LogP contribution is 2.33. The quantitative estimate of drug-likeness (QED) is 0.671. The van der Waals surface area contributed by atoms with Crippen LogP contribution in [0.15, 0.2) is 78.9 Å². The Morgan fingerprint density at radius 2 is 1.62 bits per heavy atom. The Labute approximate surface area is 169 Å². The molecule has 1 heterocycles. The van der Waals surface area contributed by atoms with Crippen molar-refractivity contribution in [1.29, 1.82) is 0 Å². The molecular weight excluding hydrogens is 364 g/mol. The van der Waals surface area contributed by atoms with Crippen molar-refractivity contribution in [3.63, 3.8) is 0 Å². The number of hydrogen-bond acceptors (Lipinski definition) is 3. The van der Waals surface area contributed by atoms with Crippen LogP contribution in [-0.2, 0) is 0 Å². The number of benzene rings is 3. The average molecular weight is 386 g/mol. The van der Waals surface area contributed by atoms with Crippen molar-refractivity contribution >= 4 is 23.3 Å². The molecule has 0 radical (unpaired) electrons. The number of aromatic carboxylic acids is 1. The second-order valence-electron chi connectivity index (χ2n) is 7.20. The molecule has 1 aliphatic heterocycles. The molecule has 0 bridgehead atoms.